The average Bonchev–Trinajstić information content (AvgIpc) is 3.12. The molecule has 7 nitrogen and oxygen atoms in total. The smallest absolute Gasteiger partial charge is 0.160 e. The Morgan fingerprint density at radius 2 is 1.67 bits per heavy atom. The van der Waals surface area contributed by atoms with Gasteiger partial charge in [0.1, 0.15) is 0 Å². The highest BCUT2D eigenvalue weighted by molar-refractivity contribution is 5.44. The number of phenolic OH excluding ortho intramolecular Hbond substituents is 2. The summed E-state index contributed by atoms with van der Waals surface area (Å²) in [4.78, 5) is 0. The number of hydrogen-bond donors (Lipinski definition) is 4. The minimum atomic E-state index is -0.902. The Morgan fingerprint density at radius 1 is 1.04 bits per heavy atom. The zero-order valence-electron chi connectivity index (χ0n) is 15.2. The lowest BCUT2D eigenvalue weighted by Crippen LogP contribution is -2.25. The van der Waals surface area contributed by atoms with Crippen LogP contribution < -0.4 is 9.47 Å². The van der Waals surface area contributed by atoms with Crippen molar-refractivity contribution in [2.75, 3.05) is 27.4 Å². The summed E-state index contributed by atoms with van der Waals surface area (Å²) < 4.78 is 16.1. The highest BCUT2D eigenvalue weighted by Crippen LogP contribution is 2.45. The number of ether oxygens (including phenoxy) is 3. The van der Waals surface area contributed by atoms with E-state index < -0.39 is 12.2 Å². The van der Waals surface area contributed by atoms with Crippen molar-refractivity contribution in [1.29, 1.82) is 0 Å². The molecule has 3 rings (SSSR count). The molecule has 0 spiro atoms. The highest BCUT2D eigenvalue weighted by atomic mass is 16.5. The van der Waals surface area contributed by atoms with E-state index in [-0.39, 0.29) is 42.3 Å². The number of aromatic hydroxyl groups is 2. The molecule has 4 N–H and O–H groups in total. The third-order valence-electron chi connectivity index (χ3n) is 5.10. The minimum Gasteiger partial charge on any atom is -0.504 e. The molecule has 0 amide bonds. The molecule has 2 aromatic carbocycles. The van der Waals surface area contributed by atoms with Gasteiger partial charge in [-0.15, -0.1) is 0 Å². The van der Waals surface area contributed by atoms with Crippen LogP contribution in [0.4, 0.5) is 0 Å². The van der Waals surface area contributed by atoms with E-state index in [1.54, 1.807) is 24.3 Å². The monoisotopic (exact) mass is 376 g/mol. The normalized spacial score (nSPS) is 23.2. The maximum absolute atomic E-state index is 10.8. The quantitative estimate of drug-likeness (QED) is 0.612. The summed E-state index contributed by atoms with van der Waals surface area (Å²) in [5.41, 5.74) is 1.32. The first-order valence-corrected chi connectivity index (χ1v) is 8.64. The fraction of sp³-hybridized carbons (Fsp3) is 0.400. The summed E-state index contributed by atoms with van der Waals surface area (Å²) >= 11 is 0. The van der Waals surface area contributed by atoms with Gasteiger partial charge in [-0.1, -0.05) is 12.1 Å². The Bertz CT molecular complexity index is 792. The summed E-state index contributed by atoms with van der Waals surface area (Å²) in [5, 5.41) is 40.3. The van der Waals surface area contributed by atoms with Gasteiger partial charge in [0.15, 0.2) is 23.0 Å². The van der Waals surface area contributed by atoms with Gasteiger partial charge in [0.2, 0.25) is 0 Å². The van der Waals surface area contributed by atoms with Gasteiger partial charge in [0, 0.05) is 18.4 Å². The molecule has 1 fully saturated rings. The molecular weight excluding hydrogens is 352 g/mol. The van der Waals surface area contributed by atoms with Crippen LogP contribution in [0.25, 0.3) is 0 Å². The van der Waals surface area contributed by atoms with Crippen molar-refractivity contribution in [1.82, 2.24) is 0 Å². The van der Waals surface area contributed by atoms with Crippen molar-refractivity contribution in [2.45, 2.75) is 12.2 Å². The number of methoxy groups -OCH3 is 2. The molecule has 4 atom stereocenters. The topological polar surface area (TPSA) is 109 Å². The number of aliphatic hydroxyl groups excluding tert-OH is 2. The maximum atomic E-state index is 10.8. The highest BCUT2D eigenvalue weighted by Gasteiger charge is 2.42. The minimum absolute atomic E-state index is 0.0103. The molecule has 0 bridgehead atoms. The first-order valence-electron chi connectivity index (χ1n) is 8.64. The molecule has 0 unspecified atom stereocenters. The zero-order valence-corrected chi connectivity index (χ0v) is 15.2. The van der Waals surface area contributed by atoms with Crippen molar-refractivity contribution in [3.63, 3.8) is 0 Å². The number of rotatable bonds is 6. The third kappa shape index (κ3) is 3.66. The van der Waals surface area contributed by atoms with Gasteiger partial charge in [0.25, 0.3) is 0 Å². The van der Waals surface area contributed by atoms with Crippen LogP contribution in [-0.4, -0.2) is 47.9 Å². The van der Waals surface area contributed by atoms with Crippen LogP contribution in [0, 0.1) is 11.8 Å². The predicted molar refractivity (Wildman–Crippen MR) is 97.0 cm³/mol. The van der Waals surface area contributed by atoms with Crippen molar-refractivity contribution in [2.24, 2.45) is 11.8 Å². The third-order valence-corrected chi connectivity index (χ3v) is 5.10. The summed E-state index contributed by atoms with van der Waals surface area (Å²) in [6.07, 6.45) is -1.34. The van der Waals surface area contributed by atoms with Crippen LogP contribution in [-0.2, 0) is 4.74 Å². The lowest BCUT2D eigenvalue weighted by molar-refractivity contribution is 0.0632. The van der Waals surface area contributed by atoms with Crippen LogP contribution in [0.3, 0.4) is 0 Å². The first kappa shape index (κ1) is 19.3. The number of benzene rings is 2. The van der Waals surface area contributed by atoms with Crippen LogP contribution in [0.5, 0.6) is 23.0 Å². The first-order chi connectivity index (χ1) is 13.0. The Balaban J connectivity index is 1.86. The Hall–Kier alpha value is -2.48. The summed E-state index contributed by atoms with van der Waals surface area (Å²) in [7, 11) is 2.90. The van der Waals surface area contributed by atoms with Crippen molar-refractivity contribution in [3.05, 3.63) is 47.5 Å². The van der Waals surface area contributed by atoms with Crippen LogP contribution in [0.15, 0.2) is 36.4 Å². The molecule has 0 aromatic heterocycles. The van der Waals surface area contributed by atoms with Crippen LogP contribution in [0.2, 0.25) is 0 Å². The Kier molecular flexibility index (Phi) is 5.74. The molecule has 0 aliphatic carbocycles. The van der Waals surface area contributed by atoms with E-state index in [1.807, 2.05) is 0 Å². The van der Waals surface area contributed by atoms with E-state index in [1.165, 1.54) is 26.4 Å². The second kappa shape index (κ2) is 8.04. The van der Waals surface area contributed by atoms with Crippen molar-refractivity contribution >= 4 is 0 Å². The fourth-order valence-electron chi connectivity index (χ4n) is 3.58. The van der Waals surface area contributed by atoms with Gasteiger partial charge in [-0.05, 0) is 35.4 Å². The molecule has 2 aromatic rings. The summed E-state index contributed by atoms with van der Waals surface area (Å²) in [6, 6.07) is 9.55. The van der Waals surface area contributed by atoms with E-state index in [2.05, 4.69) is 0 Å². The lowest BCUT2D eigenvalue weighted by Gasteiger charge is -2.25. The van der Waals surface area contributed by atoms with Gasteiger partial charge in [-0.25, -0.2) is 0 Å². The molecular formula is C20H24O7. The largest absolute Gasteiger partial charge is 0.504 e. The molecule has 146 valence electrons. The zero-order chi connectivity index (χ0) is 19.6. The standard InChI is InChI=1S/C20H24O7/c1-25-17-7-11(3-5-15(17)22)19(24)14-10-27-20(13(14)9-21)12-4-6-16(23)18(8-12)26-2/h3-8,13-14,19-24H,9-10H2,1-2H3/t13-,14+,19-,20-/m1/s1. The second-order valence-electron chi connectivity index (χ2n) is 6.57. The number of phenols is 2. The van der Waals surface area contributed by atoms with Crippen molar-refractivity contribution in [3.8, 4) is 23.0 Å². The summed E-state index contributed by atoms with van der Waals surface area (Å²) in [6.45, 7) is 0.0776. The molecule has 1 aliphatic heterocycles. The SMILES string of the molecule is COc1cc([C@@H](O)[C@H]2CO[C@H](c3ccc(O)c(OC)c3)[C@@H]2CO)ccc1O. The van der Waals surface area contributed by atoms with Gasteiger partial charge < -0.3 is 34.6 Å². The lowest BCUT2D eigenvalue weighted by atomic mass is 9.82. The molecule has 7 heteroatoms. The van der Waals surface area contributed by atoms with Gasteiger partial charge in [-0.2, -0.15) is 0 Å². The number of hydrogen-bond acceptors (Lipinski definition) is 7. The molecule has 1 heterocycles. The summed E-state index contributed by atoms with van der Waals surface area (Å²) in [5.74, 6) is -0.106. The number of aliphatic hydroxyl groups is 2. The average molecular weight is 376 g/mol. The predicted octanol–water partition coefficient (Wildman–Crippen LogP) is 2.14. The van der Waals surface area contributed by atoms with Gasteiger partial charge >= 0.3 is 0 Å². The van der Waals surface area contributed by atoms with Gasteiger partial charge in [0.05, 0.1) is 33.0 Å². The maximum Gasteiger partial charge on any atom is 0.160 e. The van der Waals surface area contributed by atoms with E-state index in [0.29, 0.717) is 11.3 Å². The van der Waals surface area contributed by atoms with Crippen LogP contribution in [0.1, 0.15) is 23.3 Å². The fourth-order valence-corrected chi connectivity index (χ4v) is 3.58. The molecule has 1 aliphatic rings. The van der Waals surface area contributed by atoms with Crippen LogP contribution >= 0.6 is 0 Å². The van der Waals surface area contributed by atoms with Gasteiger partial charge in [-0.3, -0.25) is 0 Å². The Labute approximate surface area is 157 Å². The molecule has 27 heavy (non-hydrogen) atoms. The Morgan fingerprint density at radius 3 is 2.30 bits per heavy atom. The van der Waals surface area contributed by atoms with Crippen molar-refractivity contribution < 1.29 is 34.6 Å². The van der Waals surface area contributed by atoms with E-state index in [4.69, 9.17) is 14.2 Å². The van der Waals surface area contributed by atoms with E-state index >= 15 is 0 Å². The van der Waals surface area contributed by atoms with E-state index in [0.717, 1.165) is 5.56 Å². The molecule has 1 saturated heterocycles. The molecule has 0 radical (unpaired) electrons. The van der Waals surface area contributed by atoms with E-state index in [9.17, 15) is 20.4 Å². The second-order valence-corrected chi connectivity index (χ2v) is 6.57. The molecule has 0 saturated carbocycles.